The minimum absolute atomic E-state index is 0.218. The van der Waals surface area contributed by atoms with E-state index in [2.05, 4.69) is 6.92 Å². The van der Waals surface area contributed by atoms with Gasteiger partial charge in [-0.1, -0.05) is 26.2 Å². The molecule has 4 saturated carbocycles. The molecular formula is C24H34O3. The normalized spacial score (nSPS) is 27.3. The summed E-state index contributed by atoms with van der Waals surface area (Å²) in [5.41, 5.74) is 0.378. The highest BCUT2D eigenvalue weighted by molar-refractivity contribution is 5.36. The Balaban J connectivity index is 1.47. The first-order valence-corrected chi connectivity index (χ1v) is 11.5. The fourth-order valence-electron chi connectivity index (χ4n) is 6.08. The summed E-state index contributed by atoms with van der Waals surface area (Å²) < 4.78 is 5.99. The largest absolute Gasteiger partial charge is 0.507 e. The topological polar surface area (TPSA) is 50.4 Å². The monoisotopic (exact) mass is 370 g/mol. The third-order valence-corrected chi connectivity index (χ3v) is 8.00. The smallest absolute Gasteiger partial charge is 0.343 e. The third kappa shape index (κ3) is 3.59. The van der Waals surface area contributed by atoms with Gasteiger partial charge in [-0.3, -0.25) is 0 Å². The van der Waals surface area contributed by atoms with E-state index in [9.17, 15) is 9.90 Å². The van der Waals surface area contributed by atoms with Gasteiger partial charge in [-0.2, -0.15) is 0 Å². The van der Waals surface area contributed by atoms with Crippen molar-refractivity contribution in [1.82, 2.24) is 0 Å². The van der Waals surface area contributed by atoms with Gasteiger partial charge in [0.15, 0.2) is 0 Å². The Bertz CT molecular complexity index is 732. The Morgan fingerprint density at radius 2 is 1.48 bits per heavy atom. The van der Waals surface area contributed by atoms with Crippen LogP contribution in [0.5, 0.6) is 5.75 Å². The molecule has 5 rings (SSSR count). The molecule has 3 unspecified atom stereocenters. The lowest BCUT2D eigenvalue weighted by molar-refractivity contribution is 0.262. The van der Waals surface area contributed by atoms with Crippen LogP contribution < -0.4 is 5.63 Å². The van der Waals surface area contributed by atoms with Crippen molar-refractivity contribution in [2.45, 2.75) is 89.4 Å². The molecule has 0 amide bonds. The van der Waals surface area contributed by atoms with Gasteiger partial charge in [0.25, 0.3) is 0 Å². The van der Waals surface area contributed by atoms with E-state index >= 15 is 0 Å². The number of hydrogen-bond donors (Lipinski definition) is 1. The van der Waals surface area contributed by atoms with Crippen molar-refractivity contribution >= 4 is 0 Å². The van der Waals surface area contributed by atoms with E-state index in [1.165, 1.54) is 70.6 Å². The Morgan fingerprint density at radius 3 is 2.04 bits per heavy atom. The van der Waals surface area contributed by atoms with Crippen molar-refractivity contribution in [2.24, 2.45) is 29.6 Å². The van der Waals surface area contributed by atoms with Crippen molar-refractivity contribution in [3.05, 3.63) is 27.8 Å². The second-order valence-electron chi connectivity index (χ2n) is 10.1. The predicted molar refractivity (Wildman–Crippen MR) is 106 cm³/mol. The highest BCUT2D eigenvalue weighted by atomic mass is 16.4. The first-order chi connectivity index (χ1) is 13.1. The summed E-state index contributed by atoms with van der Waals surface area (Å²) in [5, 5.41) is 11.0. The van der Waals surface area contributed by atoms with Crippen LogP contribution in [0.25, 0.3) is 0 Å². The fourth-order valence-corrected chi connectivity index (χ4v) is 6.08. The van der Waals surface area contributed by atoms with Gasteiger partial charge in [-0.25, -0.2) is 4.79 Å². The van der Waals surface area contributed by atoms with Crippen molar-refractivity contribution in [2.75, 3.05) is 0 Å². The van der Waals surface area contributed by atoms with Crippen LogP contribution in [0.2, 0.25) is 0 Å². The van der Waals surface area contributed by atoms with Gasteiger partial charge in [0.1, 0.15) is 11.5 Å². The van der Waals surface area contributed by atoms with E-state index in [1.807, 2.05) is 6.07 Å². The van der Waals surface area contributed by atoms with Crippen molar-refractivity contribution < 1.29 is 9.52 Å². The van der Waals surface area contributed by atoms with E-state index in [-0.39, 0.29) is 17.3 Å². The van der Waals surface area contributed by atoms with Crippen LogP contribution in [0.15, 0.2) is 15.3 Å². The molecule has 0 saturated heterocycles. The average Bonchev–Trinajstić information content (AvgIpc) is 3.50. The maximum absolute atomic E-state index is 13.1. The Hall–Kier alpha value is -1.25. The zero-order valence-electron chi connectivity index (χ0n) is 16.7. The first kappa shape index (κ1) is 17.8. The number of hydrogen-bond acceptors (Lipinski definition) is 3. The lowest BCUT2D eigenvalue weighted by Crippen LogP contribution is -2.25. The predicted octanol–water partition coefficient (Wildman–Crippen LogP) is 5.96. The summed E-state index contributed by atoms with van der Waals surface area (Å²) in [7, 11) is 0. The molecule has 1 heterocycles. The molecule has 1 N–H and O–H groups in total. The van der Waals surface area contributed by atoms with Crippen LogP contribution >= 0.6 is 0 Å². The van der Waals surface area contributed by atoms with Gasteiger partial charge in [-0.15, -0.1) is 0 Å². The first-order valence-electron chi connectivity index (χ1n) is 11.5. The second-order valence-corrected chi connectivity index (χ2v) is 10.1. The molecule has 0 spiro atoms. The van der Waals surface area contributed by atoms with Gasteiger partial charge in [0.05, 0.1) is 5.56 Å². The maximum Gasteiger partial charge on any atom is 0.343 e. The van der Waals surface area contributed by atoms with Crippen LogP contribution in [0, 0.1) is 29.6 Å². The van der Waals surface area contributed by atoms with E-state index in [4.69, 9.17) is 4.42 Å². The summed E-state index contributed by atoms with van der Waals surface area (Å²) in [5.74, 6) is 4.65. The van der Waals surface area contributed by atoms with Crippen LogP contribution in [-0.2, 0) is 0 Å². The van der Waals surface area contributed by atoms with Crippen LogP contribution in [0.3, 0.4) is 0 Å². The molecule has 148 valence electrons. The maximum atomic E-state index is 13.1. The molecule has 0 radical (unpaired) electrons. The van der Waals surface area contributed by atoms with Crippen molar-refractivity contribution in [3.63, 3.8) is 0 Å². The van der Waals surface area contributed by atoms with Gasteiger partial charge in [-0.05, 0) is 81.0 Å². The number of rotatable bonds is 7. The molecule has 3 atom stereocenters. The summed E-state index contributed by atoms with van der Waals surface area (Å²) in [4.78, 5) is 13.1. The molecular weight excluding hydrogens is 336 g/mol. The van der Waals surface area contributed by atoms with E-state index in [0.29, 0.717) is 35.2 Å². The van der Waals surface area contributed by atoms with Gasteiger partial charge in [0.2, 0.25) is 0 Å². The second kappa shape index (κ2) is 6.97. The zero-order valence-corrected chi connectivity index (χ0v) is 16.7. The van der Waals surface area contributed by atoms with Crippen molar-refractivity contribution in [3.8, 4) is 5.75 Å². The molecule has 1 aromatic heterocycles. The fraction of sp³-hybridized carbons (Fsp3) is 0.792. The zero-order chi connectivity index (χ0) is 18.5. The average molecular weight is 371 g/mol. The van der Waals surface area contributed by atoms with Crippen LogP contribution in [-0.4, -0.2) is 5.11 Å². The van der Waals surface area contributed by atoms with Gasteiger partial charge >= 0.3 is 5.63 Å². The molecule has 4 fully saturated rings. The lowest BCUT2D eigenvalue weighted by atomic mass is 9.74. The molecule has 0 bridgehead atoms. The summed E-state index contributed by atoms with van der Waals surface area (Å²) in [6.45, 7) is 2.32. The van der Waals surface area contributed by atoms with Crippen LogP contribution in [0.4, 0.5) is 0 Å². The van der Waals surface area contributed by atoms with E-state index in [0.717, 1.165) is 11.7 Å². The van der Waals surface area contributed by atoms with Gasteiger partial charge < -0.3 is 9.52 Å². The minimum Gasteiger partial charge on any atom is -0.507 e. The van der Waals surface area contributed by atoms with E-state index < -0.39 is 0 Å². The molecule has 4 aliphatic rings. The minimum atomic E-state index is -0.235. The number of aromatic hydroxyl groups is 1. The summed E-state index contributed by atoms with van der Waals surface area (Å²) >= 11 is 0. The summed E-state index contributed by atoms with van der Waals surface area (Å²) in [6, 6.07) is 1.84. The molecule has 4 aliphatic carbocycles. The highest BCUT2D eigenvalue weighted by Gasteiger charge is 2.45. The molecule has 3 nitrogen and oxygen atoms in total. The highest BCUT2D eigenvalue weighted by Crippen LogP contribution is 2.55. The molecule has 0 aromatic carbocycles. The van der Waals surface area contributed by atoms with Crippen molar-refractivity contribution in [1.29, 1.82) is 0 Å². The Kier molecular flexibility index (Phi) is 4.60. The molecule has 27 heavy (non-hydrogen) atoms. The standard InChI is InChI=1S/C24H34O3/c1-14(15-7-8-15)21(17-9-10-17)20-13-19(25)23(24(26)27-20)22(18-11-12-18)16-5-3-2-4-6-16/h13-18,21-22,25H,2-12H2,1H3. The third-order valence-electron chi connectivity index (χ3n) is 8.00. The Morgan fingerprint density at radius 1 is 0.889 bits per heavy atom. The van der Waals surface area contributed by atoms with E-state index in [1.54, 1.807) is 0 Å². The Labute approximate surface area is 162 Å². The SMILES string of the molecule is CC(C1CC1)C(c1cc(O)c(C(C2CCCCC2)C2CC2)c(=O)o1)C1CC1. The molecule has 1 aromatic rings. The quantitative estimate of drug-likeness (QED) is 0.644. The molecule has 3 heteroatoms. The summed E-state index contributed by atoms with van der Waals surface area (Å²) in [6.07, 6.45) is 13.7. The molecule has 0 aliphatic heterocycles. The lowest BCUT2D eigenvalue weighted by Gasteiger charge is -2.31. The van der Waals surface area contributed by atoms with Gasteiger partial charge in [0, 0.05) is 17.9 Å². The van der Waals surface area contributed by atoms with Crippen LogP contribution in [0.1, 0.15) is 101 Å².